The summed E-state index contributed by atoms with van der Waals surface area (Å²) in [5, 5.41) is 2.69. The van der Waals surface area contributed by atoms with Gasteiger partial charge in [-0.15, -0.1) is 22.7 Å². The molecule has 0 unspecified atom stereocenters. The zero-order chi connectivity index (χ0) is 7.68. The standard InChI is InChI=1S/C8H6S2/c1-3-7(9-5-1)8-4-2-6-10-8/h1-6H/i5D. The van der Waals surface area contributed by atoms with Gasteiger partial charge >= 0.3 is 0 Å². The van der Waals surface area contributed by atoms with Gasteiger partial charge in [0.25, 0.3) is 0 Å². The summed E-state index contributed by atoms with van der Waals surface area (Å²) in [6, 6.07) is 7.94. The minimum absolute atomic E-state index is 0.633. The SMILES string of the molecule is [2H]c1ccc(-c2cccs2)s1. The lowest BCUT2D eigenvalue weighted by Gasteiger charge is -1.84. The van der Waals surface area contributed by atoms with E-state index < -0.39 is 0 Å². The second-order valence-corrected chi connectivity index (χ2v) is 3.72. The Bertz CT molecular complexity index is 335. The molecule has 0 saturated heterocycles. The van der Waals surface area contributed by atoms with Crippen LogP contribution in [0.15, 0.2) is 35.0 Å². The molecule has 0 amide bonds. The maximum Gasteiger partial charge on any atom is 0.0740 e. The van der Waals surface area contributed by atoms with Crippen LogP contribution in [0.25, 0.3) is 9.75 Å². The second-order valence-electron chi connectivity index (χ2n) is 1.89. The molecule has 0 N–H and O–H groups in total. The Hall–Kier alpha value is -0.600. The van der Waals surface area contributed by atoms with Crippen molar-refractivity contribution < 1.29 is 1.37 Å². The summed E-state index contributed by atoms with van der Waals surface area (Å²) in [6.07, 6.45) is 0. The molecule has 0 aromatic carbocycles. The zero-order valence-electron chi connectivity index (χ0n) is 6.20. The minimum Gasteiger partial charge on any atom is -0.143 e. The monoisotopic (exact) mass is 167 g/mol. The van der Waals surface area contributed by atoms with E-state index in [0.717, 1.165) is 0 Å². The van der Waals surface area contributed by atoms with Gasteiger partial charge in [0.05, 0.1) is 1.37 Å². The maximum atomic E-state index is 7.34. The van der Waals surface area contributed by atoms with E-state index in [-0.39, 0.29) is 0 Å². The molecular formula is C8H6S2. The summed E-state index contributed by atoms with van der Waals surface area (Å²) in [6.45, 7) is 0. The fourth-order valence-corrected chi connectivity index (χ4v) is 2.27. The van der Waals surface area contributed by atoms with Crippen molar-refractivity contribution in [3.05, 3.63) is 35.0 Å². The first-order valence-corrected chi connectivity index (χ1v) is 4.66. The van der Waals surface area contributed by atoms with Crippen molar-refractivity contribution in [2.75, 3.05) is 0 Å². The molecule has 0 aliphatic rings. The van der Waals surface area contributed by atoms with Crippen LogP contribution in [-0.2, 0) is 0 Å². The Balaban J connectivity index is 2.45. The summed E-state index contributed by atoms with van der Waals surface area (Å²) in [7, 11) is 0. The van der Waals surface area contributed by atoms with Crippen LogP contribution in [0.2, 0.25) is 0 Å². The molecule has 2 aromatic rings. The normalized spacial score (nSPS) is 11.4. The molecule has 2 rings (SSSR count). The van der Waals surface area contributed by atoms with Crippen LogP contribution in [0.4, 0.5) is 0 Å². The molecular weight excluding hydrogens is 160 g/mol. The Labute approximate surface area is 69.2 Å². The van der Waals surface area contributed by atoms with Crippen LogP contribution in [0.5, 0.6) is 0 Å². The Morgan fingerprint density at radius 3 is 2.50 bits per heavy atom. The van der Waals surface area contributed by atoms with Crippen LogP contribution in [0, 0.1) is 0 Å². The first kappa shape index (κ1) is 5.10. The molecule has 0 aliphatic heterocycles. The summed E-state index contributed by atoms with van der Waals surface area (Å²) in [5.41, 5.74) is 0. The van der Waals surface area contributed by atoms with Gasteiger partial charge in [-0.1, -0.05) is 12.1 Å². The van der Waals surface area contributed by atoms with Crippen molar-refractivity contribution in [1.82, 2.24) is 0 Å². The first-order valence-electron chi connectivity index (χ1n) is 3.46. The molecule has 0 atom stereocenters. The van der Waals surface area contributed by atoms with Gasteiger partial charge in [-0.2, -0.15) is 0 Å². The van der Waals surface area contributed by atoms with E-state index in [0.29, 0.717) is 5.36 Å². The summed E-state index contributed by atoms with van der Waals surface area (Å²) in [4.78, 5) is 2.46. The summed E-state index contributed by atoms with van der Waals surface area (Å²) >= 11 is 3.24. The molecule has 0 fully saturated rings. The van der Waals surface area contributed by atoms with Gasteiger partial charge < -0.3 is 0 Å². The van der Waals surface area contributed by atoms with Crippen LogP contribution in [0.1, 0.15) is 1.37 Å². The third-order valence-corrected chi connectivity index (χ3v) is 3.10. The van der Waals surface area contributed by atoms with Gasteiger partial charge in [-0.05, 0) is 22.9 Å². The molecule has 0 bridgehead atoms. The van der Waals surface area contributed by atoms with E-state index in [1.807, 2.05) is 18.2 Å². The molecule has 2 heteroatoms. The minimum atomic E-state index is 0.633. The van der Waals surface area contributed by atoms with Crippen molar-refractivity contribution in [2.24, 2.45) is 0 Å². The molecule has 0 spiro atoms. The van der Waals surface area contributed by atoms with Gasteiger partial charge in [-0.25, -0.2) is 0 Å². The van der Waals surface area contributed by atoms with Gasteiger partial charge in [0.15, 0.2) is 0 Å². The molecule has 0 radical (unpaired) electrons. The largest absolute Gasteiger partial charge is 0.143 e. The first-order chi connectivity index (χ1) is 5.36. The predicted molar refractivity (Wildman–Crippen MR) is 47.6 cm³/mol. The molecule has 10 heavy (non-hydrogen) atoms. The average molecular weight is 167 g/mol. The van der Waals surface area contributed by atoms with E-state index in [1.54, 1.807) is 11.3 Å². The smallest absolute Gasteiger partial charge is 0.0740 e. The van der Waals surface area contributed by atoms with Gasteiger partial charge in [0.1, 0.15) is 0 Å². The fourth-order valence-electron chi connectivity index (χ4n) is 0.792. The van der Waals surface area contributed by atoms with Crippen molar-refractivity contribution in [3.63, 3.8) is 0 Å². The lowest BCUT2D eigenvalue weighted by Crippen LogP contribution is -1.55. The van der Waals surface area contributed by atoms with Gasteiger partial charge in [0.2, 0.25) is 0 Å². The van der Waals surface area contributed by atoms with Crippen LogP contribution in [0.3, 0.4) is 0 Å². The molecule has 0 saturated carbocycles. The molecule has 0 aliphatic carbocycles. The van der Waals surface area contributed by atoms with Crippen molar-refractivity contribution >= 4 is 22.7 Å². The highest BCUT2D eigenvalue weighted by Gasteiger charge is 1.96. The predicted octanol–water partition coefficient (Wildman–Crippen LogP) is 3.48. The van der Waals surface area contributed by atoms with Gasteiger partial charge in [-0.3, -0.25) is 0 Å². The van der Waals surface area contributed by atoms with E-state index >= 15 is 0 Å². The quantitative estimate of drug-likeness (QED) is 0.610. The maximum absolute atomic E-state index is 7.34. The third kappa shape index (κ3) is 1.00. The summed E-state index contributed by atoms with van der Waals surface area (Å²) < 4.78 is 7.34. The Morgan fingerprint density at radius 2 is 1.90 bits per heavy atom. The number of thiophene rings is 2. The highest BCUT2D eigenvalue weighted by Crippen LogP contribution is 2.28. The second kappa shape index (κ2) is 2.56. The van der Waals surface area contributed by atoms with Crippen LogP contribution < -0.4 is 0 Å². The van der Waals surface area contributed by atoms with E-state index in [1.165, 1.54) is 21.1 Å². The Morgan fingerprint density at radius 1 is 1.10 bits per heavy atom. The van der Waals surface area contributed by atoms with Crippen molar-refractivity contribution in [1.29, 1.82) is 0 Å². The lowest BCUT2D eigenvalue weighted by molar-refractivity contribution is 1.93. The highest BCUT2D eigenvalue weighted by atomic mass is 32.1. The lowest BCUT2D eigenvalue weighted by atomic mass is 10.4. The Kier molecular flexibility index (Phi) is 1.31. The van der Waals surface area contributed by atoms with Crippen molar-refractivity contribution in [3.8, 4) is 9.75 Å². The molecule has 50 valence electrons. The van der Waals surface area contributed by atoms with Gasteiger partial charge in [0, 0.05) is 9.75 Å². The molecule has 0 nitrogen and oxygen atoms in total. The fraction of sp³-hybridized carbons (Fsp3) is 0. The molecule has 2 aromatic heterocycles. The van der Waals surface area contributed by atoms with Crippen LogP contribution >= 0.6 is 22.7 Å². The topological polar surface area (TPSA) is 0 Å². The number of rotatable bonds is 1. The number of hydrogen-bond acceptors (Lipinski definition) is 2. The van der Waals surface area contributed by atoms with Crippen molar-refractivity contribution in [2.45, 2.75) is 0 Å². The van der Waals surface area contributed by atoms with E-state index in [2.05, 4.69) is 11.4 Å². The summed E-state index contributed by atoms with van der Waals surface area (Å²) in [5.74, 6) is 0. The zero-order valence-corrected chi connectivity index (χ0v) is 6.84. The third-order valence-electron chi connectivity index (χ3n) is 1.24. The molecule has 2 heterocycles. The highest BCUT2D eigenvalue weighted by molar-refractivity contribution is 7.20. The van der Waals surface area contributed by atoms with E-state index in [4.69, 9.17) is 1.37 Å². The average Bonchev–Trinajstić information content (AvgIpc) is 2.55. The van der Waals surface area contributed by atoms with Crippen LogP contribution in [-0.4, -0.2) is 0 Å². The van der Waals surface area contributed by atoms with E-state index in [9.17, 15) is 0 Å². The number of hydrogen-bond donors (Lipinski definition) is 0.